The lowest BCUT2D eigenvalue weighted by molar-refractivity contribution is -0.384. The monoisotopic (exact) mass is 357 g/mol. The van der Waals surface area contributed by atoms with Gasteiger partial charge in [0.25, 0.3) is 5.69 Å². The summed E-state index contributed by atoms with van der Waals surface area (Å²) < 4.78 is 10.3. The number of ether oxygens (including phenoxy) is 2. The van der Waals surface area contributed by atoms with E-state index in [0.717, 1.165) is 12.0 Å². The highest BCUT2D eigenvalue weighted by Gasteiger charge is 2.19. The van der Waals surface area contributed by atoms with E-state index in [2.05, 4.69) is 0 Å². The molecule has 7 nitrogen and oxygen atoms in total. The van der Waals surface area contributed by atoms with Crippen LogP contribution in [-0.2, 0) is 16.0 Å². The Balaban J connectivity index is 1.85. The first-order valence-corrected chi connectivity index (χ1v) is 8.10. The number of carbonyl (C=O) groups excluding carboxylic acids is 2. The standard InChI is InChI=1S/C19H19NO6/c1-3-14-4-6-15(7-5-14)19(22)13(2)26-18(21)12-25-17-10-8-16(9-11-17)20(23)24/h4-11,13H,3,12H2,1-2H3/t13-/m0/s1. The van der Waals surface area contributed by atoms with Gasteiger partial charge in [-0.25, -0.2) is 4.79 Å². The second kappa shape index (κ2) is 8.75. The summed E-state index contributed by atoms with van der Waals surface area (Å²) in [6.07, 6.45) is -0.0608. The molecule has 0 aliphatic heterocycles. The number of non-ortho nitro benzene ring substituents is 1. The number of hydrogen-bond donors (Lipinski definition) is 0. The quantitative estimate of drug-likeness (QED) is 0.311. The van der Waals surface area contributed by atoms with Gasteiger partial charge in [0.2, 0.25) is 5.78 Å². The largest absolute Gasteiger partial charge is 0.482 e. The van der Waals surface area contributed by atoms with Gasteiger partial charge in [-0.3, -0.25) is 14.9 Å². The van der Waals surface area contributed by atoms with Gasteiger partial charge in [-0.05, 0) is 31.0 Å². The van der Waals surface area contributed by atoms with E-state index < -0.39 is 23.6 Å². The topological polar surface area (TPSA) is 95.7 Å². The van der Waals surface area contributed by atoms with Crippen molar-refractivity contribution in [3.8, 4) is 5.75 Å². The summed E-state index contributed by atoms with van der Waals surface area (Å²) in [5.74, 6) is -0.701. The van der Waals surface area contributed by atoms with Crippen LogP contribution < -0.4 is 4.74 Å². The van der Waals surface area contributed by atoms with Crippen LogP contribution in [0.1, 0.15) is 29.8 Å². The fourth-order valence-electron chi connectivity index (χ4n) is 2.23. The molecule has 1 atom stereocenters. The van der Waals surface area contributed by atoms with Gasteiger partial charge in [-0.1, -0.05) is 31.2 Å². The number of nitrogens with zero attached hydrogens (tertiary/aromatic N) is 1. The van der Waals surface area contributed by atoms with Crippen molar-refractivity contribution in [3.05, 3.63) is 69.8 Å². The lowest BCUT2D eigenvalue weighted by Gasteiger charge is -2.13. The zero-order valence-corrected chi connectivity index (χ0v) is 14.5. The van der Waals surface area contributed by atoms with Crippen LogP contribution in [-0.4, -0.2) is 29.4 Å². The molecule has 2 aromatic rings. The van der Waals surface area contributed by atoms with Crippen LogP contribution >= 0.6 is 0 Å². The lowest BCUT2D eigenvalue weighted by Crippen LogP contribution is -2.27. The molecule has 2 aromatic carbocycles. The zero-order chi connectivity index (χ0) is 19.1. The number of rotatable bonds is 8. The van der Waals surface area contributed by atoms with Gasteiger partial charge >= 0.3 is 5.97 Å². The Morgan fingerprint density at radius 2 is 1.69 bits per heavy atom. The number of aryl methyl sites for hydroxylation is 1. The van der Waals surface area contributed by atoms with Crippen LogP contribution in [0.4, 0.5) is 5.69 Å². The van der Waals surface area contributed by atoms with Crippen LogP contribution in [0.15, 0.2) is 48.5 Å². The minimum atomic E-state index is -0.935. The zero-order valence-electron chi connectivity index (χ0n) is 14.5. The molecule has 0 heterocycles. The molecule has 0 fully saturated rings. The van der Waals surface area contributed by atoms with Crippen molar-refractivity contribution >= 4 is 17.4 Å². The van der Waals surface area contributed by atoms with Crippen LogP contribution in [0.2, 0.25) is 0 Å². The Kier molecular flexibility index (Phi) is 6.43. The van der Waals surface area contributed by atoms with Crippen molar-refractivity contribution in [1.29, 1.82) is 0 Å². The minimum Gasteiger partial charge on any atom is -0.482 e. The van der Waals surface area contributed by atoms with E-state index in [1.807, 2.05) is 19.1 Å². The highest BCUT2D eigenvalue weighted by atomic mass is 16.6. The molecule has 26 heavy (non-hydrogen) atoms. The Morgan fingerprint density at radius 1 is 1.08 bits per heavy atom. The minimum absolute atomic E-state index is 0.0757. The highest BCUT2D eigenvalue weighted by Crippen LogP contribution is 2.17. The van der Waals surface area contributed by atoms with Gasteiger partial charge in [0.15, 0.2) is 12.7 Å². The maximum atomic E-state index is 12.3. The van der Waals surface area contributed by atoms with Crippen molar-refractivity contribution in [2.45, 2.75) is 26.4 Å². The number of Topliss-reactive ketones (excluding diaryl/α,β-unsaturated/α-hetero) is 1. The van der Waals surface area contributed by atoms with Gasteiger partial charge in [0.1, 0.15) is 5.75 Å². The predicted molar refractivity (Wildman–Crippen MR) is 94.3 cm³/mol. The average molecular weight is 357 g/mol. The highest BCUT2D eigenvalue weighted by molar-refractivity contribution is 6.00. The first kappa shape index (κ1) is 19.1. The SMILES string of the molecule is CCc1ccc(C(=O)[C@H](C)OC(=O)COc2ccc([N+](=O)[O-])cc2)cc1. The fourth-order valence-corrected chi connectivity index (χ4v) is 2.23. The third-order valence-corrected chi connectivity index (χ3v) is 3.73. The molecule has 0 spiro atoms. The van der Waals surface area contributed by atoms with Crippen LogP contribution in [0.25, 0.3) is 0 Å². The lowest BCUT2D eigenvalue weighted by atomic mass is 10.0. The van der Waals surface area contributed by atoms with Gasteiger partial charge in [0.05, 0.1) is 4.92 Å². The van der Waals surface area contributed by atoms with Crippen LogP contribution in [0.5, 0.6) is 5.75 Å². The molecule has 7 heteroatoms. The van der Waals surface area contributed by atoms with E-state index in [1.54, 1.807) is 12.1 Å². The third kappa shape index (κ3) is 5.14. The Bertz CT molecular complexity index is 783. The summed E-state index contributed by atoms with van der Waals surface area (Å²) in [4.78, 5) is 34.1. The summed E-state index contributed by atoms with van der Waals surface area (Å²) in [7, 11) is 0. The third-order valence-electron chi connectivity index (χ3n) is 3.73. The van der Waals surface area contributed by atoms with Gasteiger partial charge in [0, 0.05) is 17.7 Å². The molecule has 0 radical (unpaired) electrons. The first-order chi connectivity index (χ1) is 12.4. The van der Waals surface area contributed by atoms with Gasteiger partial charge in [-0.15, -0.1) is 0 Å². The number of hydrogen-bond acceptors (Lipinski definition) is 6. The number of carbonyl (C=O) groups is 2. The molecule has 0 N–H and O–H groups in total. The second-order valence-corrected chi connectivity index (χ2v) is 5.59. The maximum Gasteiger partial charge on any atom is 0.344 e. The molecule has 2 rings (SSSR count). The molecule has 0 unspecified atom stereocenters. The molecule has 0 saturated carbocycles. The molecular formula is C19H19NO6. The Morgan fingerprint density at radius 3 is 2.23 bits per heavy atom. The van der Waals surface area contributed by atoms with Crippen molar-refractivity contribution in [3.63, 3.8) is 0 Å². The number of nitro benzene ring substituents is 1. The van der Waals surface area contributed by atoms with E-state index in [9.17, 15) is 19.7 Å². The molecule has 0 bridgehead atoms. The van der Waals surface area contributed by atoms with Crippen LogP contribution in [0.3, 0.4) is 0 Å². The van der Waals surface area contributed by atoms with E-state index >= 15 is 0 Å². The van der Waals surface area contributed by atoms with E-state index in [4.69, 9.17) is 9.47 Å². The smallest absolute Gasteiger partial charge is 0.344 e. The second-order valence-electron chi connectivity index (χ2n) is 5.59. The van der Waals surface area contributed by atoms with E-state index in [1.165, 1.54) is 31.2 Å². The van der Waals surface area contributed by atoms with Crippen molar-refractivity contribution in [2.24, 2.45) is 0 Å². The summed E-state index contributed by atoms with van der Waals surface area (Å²) in [6, 6.07) is 12.4. The van der Waals surface area contributed by atoms with Gasteiger partial charge < -0.3 is 9.47 Å². The molecule has 0 amide bonds. The average Bonchev–Trinajstić information content (AvgIpc) is 2.66. The van der Waals surface area contributed by atoms with Gasteiger partial charge in [-0.2, -0.15) is 0 Å². The molecule has 0 aromatic heterocycles. The molecule has 0 aliphatic carbocycles. The number of esters is 1. The Labute approximate surface area is 150 Å². The summed E-state index contributed by atoms with van der Waals surface area (Å²) in [5, 5.41) is 10.6. The molecule has 0 aliphatic rings. The molecule has 136 valence electrons. The van der Waals surface area contributed by atoms with Crippen molar-refractivity contribution < 1.29 is 24.0 Å². The van der Waals surface area contributed by atoms with Crippen molar-refractivity contribution in [1.82, 2.24) is 0 Å². The Hall–Kier alpha value is -3.22. The summed E-state index contributed by atoms with van der Waals surface area (Å²) >= 11 is 0. The normalized spacial score (nSPS) is 11.5. The van der Waals surface area contributed by atoms with Crippen molar-refractivity contribution in [2.75, 3.05) is 6.61 Å². The molecular weight excluding hydrogens is 338 g/mol. The van der Waals surface area contributed by atoms with E-state index in [0.29, 0.717) is 11.3 Å². The van der Waals surface area contributed by atoms with Crippen LogP contribution in [0, 0.1) is 10.1 Å². The molecule has 0 saturated heterocycles. The fraction of sp³-hybridized carbons (Fsp3) is 0.263. The number of nitro groups is 1. The predicted octanol–water partition coefficient (Wildman–Crippen LogP) is 3.35. The summed E-state index contributed by atoms with van der Waals surface area (Å²) in [5.41, 5.74) is 1.51. The van der Waals surface area contributed by atoms with E-state index in [-0.39, 0.29) is 11.5 Å². The maximum absolute atomic E-state index is 12.3. The number of benzene rings is 2. The summed E-state index contributed by atoms with van der Waals surface area (Å²) in [6.45, 7) is 3.12. The first-order valence-electron chi connectivity index (χ1n) is 8.10. The number of ketones is 1.